The maximum Gasteiger partial charge on any atom is 0.254 e. The summed E-state index contributed by atoms with van der Waals surface area (Å²) in [5, 5.41) is 19.6. The number of dihydropyridines is 1. The number of anilines is 2. The minimum Gasteiger partial charge on any atom is -0.468 e. The van der Waals surface area contributed by atoms with Gasteiger partial charge < -0.3 is 20.4 Å². The molecule has 0 unspecified atom stereocenters. The van der Waals surface area contributed by atoms with Crippen LogP contribution in [0.2, 0.25) is 0 Å². The summed E-state index contributed by atoms with van der Waals surface area (Å²) in [6.07, 6.45) is 1.51. The number of allylic oxidation sites excluding steroid dienone is 2. The fourth-order valence-electron chi connectivity index (χ4n) is 3.94. The summed E-state index contributed by atoms with van der Waals surface area (Å²) in [4.78, 5) is 26.0. The molecule has 36 heavy (non-hydrogen) atoms. The zero-order valence-corrected chi connectivity index (χ0v) is 21.0. The van der Waals surface area contributed by atoms with Crippen LogP contribution in [0.3, 0.4) is 0 Å². The topological polar surface area (TPSA) is 107 Å². The van der Waals surface area contributed by atoms with Crippen molar-refractivity contribution in [2.24, 2.45) is 0 Å². The Labute approximate surface area is 214 Å². The Kier molecular flexibility index (Phi) is 7.62. The normalized spacial score (nSPS) is 15.2. The monoisotopic (exact) mass is 498 g/mol. The van der Waals surface area contributed by atoms with Gasteiger partial charge in [0.05, 0.1) is 40.2 Å². The molecule has 3 aromatic rings. The van der Waals surface area contributed by atoms with Gasteiger partial charge in [0.25, 0.3) is 5.91 Å². The van der Waals surface area contributed by atoms with Gasteiger partial charge in [-0.3, -0.25) is 9.59 Å². The third kappa shape index (κ3) is 5.53. The molecule has 0 spiro atoms. The minimum absolute atomic E-state index is 0.0876. The zero-order chi connectivity index (χ0) is 25.7. The van der Waals surface area contributed by atoms with E-state index in [1.54, 1.807) is 19.1 Å². The number of carbonyl (C=O) groups excluding carboxylic acids is 2. The molecule has 4 rings (SSSR count). The van der Waals surface area contributed by atoms with E-state index in [0.717, 1.165) is 11.1 Å². The van der Waals surface area contributed by atoms with E-state index in [-0.39, 0.29) is 17.6 Å². The molecule has 0 saturated carbocycles. The average Bonchev–Trinajstić information content (AvgIpc) is 3.39. The number of nitriles is 1. The standard InChI is InChI=1S/C28H26N4O3S/c1-17-10-12-20(13-11-17)31-24(33)16-36-28-21(15-29)26(23-9-6-14-35-23)25(19(3)30-28)27(34)32-22-8-5-4-7-18(22)2/h4-14,26,30H,16H2,1-3H3,(H,31,33)(H,32,34)/t26-/m0/s1. The van der Waals surface area contributed by atoms with Gasteiger partial charge in [-0.2, -0.15) is 5.26 Å². The lowest BCUT2D eigenvalue weighted by Crippen LogP contribution is -2.31. The molecule has 0 aliphatic carbocycles. The molecular weight excluding hydrogens is 472 g/mol. The van der Waals surface area contributed by atoms with Crippen molar-refractivity contribution >= 4 is 35.0 Å². The average molecular weight is 499 g/mol. The highest BCUT2D eigenvalue weighted by molar-refractivity contribution is 8.03. The Morgan fingerprint density at radius 3 is 2.44 bits per heavy atom. The van der Waals surface area contributed by atoms with E-state index in [1.807, 2.05) is 62.4 Å². The van der Waals surface area contributed by atoms with Gasteiger partial charge >= 0.3 is 0 Å². The highest BCUT2D eigenvalue weighted by Crippen LogP contribution is 2.41. The predicted octanol–water partition coefficient (Wildman–Crippen LogP) is 5.60. The summed E-state index contributed by atoms with van der Waals surface area (Å²) in [7, 11) is 0. The van der Waals surface area contributed by atoms with Crippen LogP contribution < -0.4 is 16.0 Å². The first-order chi connectivity index (χ1) is 17.4. The molecule has 182 valence electrons. The van der Waals surface area contributed by atoms with Gasteiger partial charge in [-0.05, 0) is 56.7 Å². The van der Waals surface area contributed by atoms with E-state index in [2.05, 4.69) is 22.0 Å². The van der Waals surface area contributed by atoms with E-state index in [9.17, 15) is 14.9 Å². The van der Waals surface area contributed by atoms with Crippen LogP contribution in [0.4, 0.5) is 11.4 Å². The van der Waals surface area contributed by atoms with Gasteiger partial charge in [0.2, 0.25) is 5.91 Å². The van der Waals surface area contributed by atoms with E-state index in [4.69, 9.17) is 4.42 Å². The third-order valence-electron chi connectivity index (χ3n) is 5.80. The van der Waals surface area contributed by atoms with Crippen LogP contribution in [0.25, 0.3) is 0 Å². The number of benzene rings is 2. The van der Waals surface area contributed by atoms with Crippen LogP contribution in [0, 0.1) is 25.2 Å². The molecule has 2 heterocycles. The largest absolute Gasteiger partial charge is 0.468 e. The quantitative estimate of drug-likeness (QED) is 0.391. The minimum atomic E-state index is -0.710. The molecular formula is C28H26N4O3S. The highest BCUT2D eigenvalue weighted by Gasteiger charge is 2.36. The smallest absolute Gasteiger partial charge is 0.254 e. The van der Waals surface area contributed by atoms with Gasteiger partial charge in [0.1, 0.15) is 5.76 Å². The number of nitrogens with one attached hydrogen (secondary N) is 3. The fraction of sp³-hybridized carbons (Fsp3) is 0.179. The van der Waals surface area contributed by atoms with E-state index in [0.29, 0.717) is 39.0 Å². The first kappa shape index (κ1) is 24.9. The van der Waals surface area contributed by atoms with Crippen LogP contribution in [0.15, 0.2) is 93.2 Å². The molecule has 0 saturated heterocycles. The molecule has 0 fully saturated rings. The molecule has 0 bridgehead atoms. The van der Waals surface area contributed by atoms with Gasteiger partial charge in [0.15, 0.2) is 0 Å². The van der Waals surface area contributed by atoms with E-state index in [1.165, 1.54) is 18.0 Å². The zero-order valence-electron chi connectivity index (χ0n) is 20.2. The van der Waals surface area contributed by atoms with Gasteiger partial charge in [0, 0.05) is 17.1 Å². The summed E-state index contributed by atoms with van der Waals surface area (Å²) in [5.41, 5.74) is 4.72. The number of furan rings is 1. The Morgan fingerprint density at radius 2 is 1.78 bits per heavy atom. The number of aryl methyl sites for hydroxylation is 2. The lowest BCUT2D eigenvalue weighted by atomic mass is 9.85. The molecule has 0 radical (unpaired) electrons. The molecule has 3 N–H and O–H groups in total. The number of hydrogen-bond acceptors (Lipinski definition) is 6. The van der Waals surface area contributed by atoms with Crippen molar-refractivity contribution in [2.75, 3.05) is 16.4 Å². The highest BCUT2D eigenvalue weighted by atomic mass is 32.2. The number of amides is 2. The van der Waals surface area contributed by atoms with Crippen LogP contribution in [-0.4, -0.2) is 17.6 Å². The van der Waals surface area contributed by atoms with Crippen molar-refractivity contribution in [3.8, 4) is 6.07 Å². The first-order valence-electron chi connectivity index (χ1n) is 11.4. The lowest BCUT2D eigenvalue weighted by Gasteiger charge is -2.28. The third-order valence-corrected chi connectivity index (χ3v) is 6.81. The molecule has 2 aromatic carbocycles. The van der Waals surface area contributed by atoms with Crippen molar-refractivity contribution in [2.45, 2.75) is 26.7 Å². The number of carbonyl (C=O) groups is 2. The molecule has 1 aliphatic heterocycles. The van der Waals surface area contributed by atoms with Gasteiger partial charge in [-0.25, -0.2) is 0 Å². The predicted molar refractivity (Wildman–Crippen MR) is 142 cm³/mol. The lowest BCUT2D eigenvalue weighted by molar-refractivity contribution is -0.114. The maximum absolute atomic E-state index is 13.4. The van der Waals surface area contributed by atoms with E-state index >= 15 is 0 Å². The second kappa shape index (κ2) is 11.0. The maximum atomic E-state index is 13.4. The number of rotatable bonds is 7. The number of thioether (sulfide) groups is 1. The second-order valence-corrected chi connectivity index (χ2v) is 9.42. The van der Waals surface area contributed by atoms with Gasteiger partial charge in [-0.1, -0.05) is 47.7 Å². The second-order valence-electron chi connectivity index (χ2n) is 8.44. The molecule has 1 atom stereocenters. The summed E-state index contributed by atoms with van der Waals surface area (Å²) in [6, 6.07) is 20.7. The Hall–Kier alpha value is -4.22. The Bertz CT molecular complexity index is 1380. The summed E-state index contributed by atoms with van der Waals surface area (Å²) >= 11 is 1.21. The van der Waals surface area contributed by atoms with Crippen molar-refractivity contribution in [1.29, 1.82) is 5.26 Å². The number of hydrogen-bond donors (Lipinski definition) is 3. The van der Waals surface area contributed by atoms with Crippen LogP contribution in [-0.2, 0) is 9.59 Å². The van der Waals surface area contributed by atoms with Crippen LogP contribution in [0.1, 0.15) is 29.7 Å². The molecule has 1 aliphatic rings. The van der Waals surface area contributed by atoms with Crippen LogP contribution in [0.5, 0.6) is 0 Å². The molecule has 8 heteroatoms. The summed E-state index contributed by atoms with van der Waals surface area (Å²) in [6.45, 7) is 5.67. The summed E-state index contributed by atoms with van der Waals surface area (Å²) < 4.78 is 5.65. The van der Waals surface area contributed by atoms with Crippen LogP contribution >= 0.6 is 11.8 Å². The van der Waals surface area contributed by atoms with Gasteiger partial charge in [-0.15, -0.1) is 0 Å². The number of para-hydroxylation sites is 1. The van der Waals surface area contributed by atoms with Crippen molar-refractivity contribution in [1.82, 2.24) is 5.32 Å². The number of nitrogens with zero attached hydrogens (tertiary/aromatic N) is 1. The first-order valence-corrected chi connectivity index (χ1v) is 12.4. The SMILES string of the molecule is CC1=C(C(=O)Nc2ccccc2C)[C@H](c2ccco2)C(C#N)=C(SCC(=O)Nc2ccc(C)cc2)N1. The molecule has 7 nitrogen and oxygen atoms in total. The summed E-state index contributed by atoms with van der Waals surface area (Å²) in [5.74, 6) is -0.675. The van der Waals surface area contributed by atoms with E-state index < -0.39 is 5.92 Å². The molecule has 2 amide bonds. The van der Waals surface area contributed by atoms with Crippen molar-refractivity contribution in [3.05, 3.63) is 106 Å². The van der Waals surface area contributed by atoms with Crippen molar-refractivity contribution in [3.63, 3.8) is 0 Å². The Morgan fingerprint density at radius 1 is 1.03 bits per heavy atom. The Balaban J connectivity index is 1.58. The molecule has 1 aromatic heterocycles. The fourth-order valence-corrected chi connectivity index (χ4v) is 4.83. The van der Waals surface area contributed by atoms with Crippen molar-refractivity contribution < 1.29 is 14.0 Å².